The number of nitrogens with one attached hydrogen (secondary N) is 1. The summed E-state index contributed by atoms with van der Waals surface area (Å²) in [5.41, 5.74) is 9.63. The highest BCUT2D eigenvalue weighted by atomic mass is 16.5. The van der Waals surface area contributed by atoms with Crippen molar-refractivity contribution in [3.8, 4) is 0 Å². The fourth-order valence-corrected chi connectivity index (χ4v) is 2.05. The van der Waals surface area contributed by atoms with Gasteiger partial charge in [0.05, 0.1) is 0 Å². The lowest BCUT2D eigenvalue weighted by Gasteiger charge is -2.34. The number of amidine groups is 1. The van der Waals surface area contributed by atoms with Crippen molar-refractivity contribution in [1.29, 1.82) is 0 Å². The van der Waals surface area contributed by atoms with Gasteiger partial charge in [-0.1, -0.05) is 5.16 Å². The van der Waals surface area contributed by atoms with E-state index in [1.54, 1.807) is 0 Å². The van der Waals surface area contributed by atoms with Crippen molar-refractivity contribution in [2.75, 3.05) is 19.8 Å². The van der Waals surface area contributed by atoms with E-state index in [9.17, 15) is 9.59 Å². The predicted molar refractivity (Wildman–Crippen MR) is 67.3 cm³/mol. The van der Waals surface area contributed by atoms with E-state index in [2.05, 4.69) is 10.5 Å². The van der Waals surface area contributed by atoms with Crippen LogP contribution in [0.1, 0.15) is 25.7 Å². The minimum atomic E-state index is -1.03. The van der Waals surface area contributed by atoms with Gasteiger partial charge in [0, 0.05) is 26.2 Å². The summed E-state index contributed by atoms with van der Waals surface area (Å²) in [5, 5.41) is 14.5. The first-order valence-corrected chi connectivity index (χ1v) is 6.15. The van der Waals surface area contributed by atoms with E-state index in [0.717, 1.165) is 0 Å². The molecule has 0 aromatic carbocycles. The molecule has 6 N–H and O–H groups in total. The molecule has 108 valence electrons. The van der Waals surface area contributed by atoms with Gasteiger partial charge in [-0.15, -0.1) is 0 Å². The maximum Gasteiger partial charge on any atom is 0.234 e. The molecule has 0 aliphatic carbocycles. The highest BCUT2D eigenvalue weighted by Crippen LogP contribution is 2.31. The van der Waals surface area contributed by atoms with Crippen molar-refractivity contribution in [3.63, 3.8) is 0 Å². The first-order valence-electron chi connectivity index (χ1n) is 6.15. The third-order valence-corrected chi connectivity index (χ3v) is 3.26. The van der Waals surface area contributed by atoms with Gasteiger partial charge in [0.15, 0.2) is 5.84 Å². The molecular formula is C11H20N4O4. The standard InChI is InChI=1S/C11H20N4O4/c12-8(16)2-1-5-14-10(17)11(9(13)15-18)3-6-19-7-4-11/h18H,1-7H2,(H2,12,16)(H2,13,15)(H,14,17). The first-order chi connectivity index (χ1) is 9.03. The minimum Gasteiger partial charge on any atom is -0.409 e. The van der Waals surface area contributed by atoms with Crippen LogP contribution in [-0.4, -0.2) is 42.6 Å². The van der Waals surface area contributed by atoms with E-state index in [4.69, 9.17) is 21.4 Å². The van der Waals surface area contributed by atoms with Crippen LogP contribution in [-0.2, 0) is 14.3 Å². The van der Waals surface area contributed by atoms with Crippen molar-refractivity contribution >= 4 is 17.6 Å². The molecule has 1 aliphatic heterocycles. The number of oxime groups is 1. The average molecular weight is 272 g/mol. The highest BCUT2D eigenvalue weighted by molar-refractivity contribution is 6.06. The van der Waals surface area contributed by atoms with Crippen molar-refractivity contribution in [2.24, 2.45) is 22.0 Å². The van der Waals surface area contributed by atoms with Crippen LogP contribution in [0.25, 0.3) is 0 Å². The quantitative estimate of drug-likeness (QED) is 0.160. The molecule has 8 nitrogen and oxygen atoms in total. The molecule has 0 radical (unpaired) electrons. The molecule has 19 heavy (non-hydrogen) atoms. The zero-order chi connectivity index (χ0) is 14.3. The van der Waals surface area contributed by atoms with E-state index in [1.807, 2.05) is 0 Å². The molecule has 0 bridgehead atoms. The molecule has 0 aromatic heterocycles. The van der Waals surface area contributed by atoms with Crippen LogP contribution in [0.2, 0.25) is 0 Å². The number of carbonyl (C=O) groups is 2. The van der Waals surface area contributed by atoms with Crippen LogP contribution < -0.4 is 16.8 Å². The third kappa shape index (κ3) is 3.82. The van der Waals surface area contributed by atoms with E-state index in [0.29, 0.717) is 39.0 Å². The molecule has 8 heteroatoms. The van der Waals surface area contributed by atoms with Crippen LogP contribution in [0, 0.1) is 5.41 Å². The van der Waals surface area contributed by atoms with Gasteiger partial charge in [-0.3, -0.25) is 9.59 Å². The normalized spacial score (nSPS) is 18.8. The molecule has 0 saturated carbocycles. The fourth-order valence-electron chi connectivity index (χ4n) is 2.05. The minimum absolute atomic E-state index is 0.108. The van der Waals surface area contributed by atoms with Gasteiger partial charge in [-0.05, 0) is 19.3 Å². The number of hydrogen-bond acceptors (Lipinski definition) is 5. The lowest BCUT2D eigenvalue weighted by atomic mass is 9.78. The number of primary amides is 1. The number of carbonyl (C=O) groups excluding carboxylic acids is 2. The smallest absolute Gasteiger partial charge is 0.234 e. The Morgan fingerprint density at radius 2 is 1.95 bits per heavy atom. The number of nitrogens with zero attached hydrogens (tertiary/aromatic N) is 1. The molecular weight excluding hydrogens is 252 g/mol. The van der Waals surface area contributed by atoms with Gasteiger partial charge in [0.1, 0.15) is 5.41 Å². The highest BCUT2D eigenvalue weighted by Gasteiger charge is 2.44. The molecule has 1 aliphatic rings. The first kappa shape index (κ1) is 15.2. The van der Waals surface area contributed by atoms with Gasteiger partial charge < -0.3 is 26.7 Å². The Balaban J connectivity index is 2.60. The summed E-state index contributed by atoms with van der Waals surface area (Å²) in [7, 11) is 0. The maximum absolute atomic E-state index is 12.2. The molecule has 0 atom stereocenters. The monoisotopic (exact) mass is 272 g/mol. The van der Waals surface area contributed by atoms with Crippen molar-refractivity contribution in [2.45, 2.75) is 25.7 Å². The van der Waals surface area contributed by atoms with Gasteiger partial charge >= 0.3 is 0 Å². The Morgan fingerprint density at radius 1 is 1.32 bits per heavy atom. The van der Waals surface area contributed by atoms with Gasteiger partial charge in [0.25, 0.3) is 0 Å². The van der Waals surface area contributed by atoms with Crippen LogP contribution in [0.15, 0.2) is 5.16 Å². The predicted octanol–water partition coefficient (Wildman–Crippen LogP) is -1.09. The Hall–Kier alpha value is -1.83. The number of ether oxygens (including phenoxy) is 1. The Morgan fingerprint density at radius 3 is 2.47 bits per heavy atom. The van der Waals surface area contributed by atoms with E-state index < -0.39 is 11.3 Å². The van der Waals surface area contributed by atoms with Crippen LogP contribution >= 0.6 is 0 Å². The molecule has 1 heterocycles. The second-order valence-electron chi connectivity index (χ2n) is 4.51. The number of rotatable bonds is 6. The van der Waals surface area contributed by atoms with E-state index in [-0.39, 0.29) is 18.2 Å². The second-order valence-corrected chi connectivity index (χ2v) is 4.51. The zero-order valence-corrected chi connectivity index (χ0v) is 10.7. The molecule has 0 unspecified atom stereocenters. The number of hydrogen-bond donors (Lipinski definition) is 4. The van der Waals surface area contributed by atoms with Crippen LogP contribution in [0.4, 0.5) is 0 Å². The lowest BCUT2D eigenvalue weighted by molar-refractivity contribution is -0.131. The zero-order valence-electron chi connectivity index (χ0n) is 10.7. The van der Waals surface area contributed by atoms with E-state index >= 15 is 0 Å². The summed E-state index contributed by atoms with van der Waals surface area (Å²) in [6.07, 6.45) is 1.40. The van der Waals surface area contributed by atoms with E-state index in [1.165, 1.54) is 0 Å². The molecule has 1 fully saturated rings. The lowest BCUT2D eigenvalue weighted by Crippen LogP contribution is -2.52. The van der Waals surface area contributed by atoms with Crippen molar-refractivity contribution in [1.82, 2.24) is 5.32 Å². The summed E-state index contributed by atoms with van der Waals surface area (Å²) in [5.74, 6) is -0.828. The Kier molecular flexibility index (Phi) is 5.56. The summed E-state index contributed by atoms with van der Waals surface area (Å²) in [6, 6.07) is 0. The number of nitrogens with two attached hydrogens (primary N) is 2. The largest absolute Gasteiger partial charge is 0.409 e. The molecule has 1 rings (SSSR count). The van der Waals surface area contributed by atoms with Gasteiger partial charge in [0.2, 0.25) is 11.8 Å². The number of amides is 2. The van der Waals surface area contributed by atoms with Crippen molar-refractivity contribution in [3.05, 3.63) is 0 Å². The summed E-state index contributed by atoms with van der Waals surface area (Å²) in [4.78, 5) is 22.8. The molecule has 2 amide bonds. The Labute approximate surface area is 111 Å². The molecule has 0 aromatic rings. The van der Waals surface area contributed by atoms with Crippen LogP contribution in [0.3, 0.4) is 0 Å². The topological polar surface area (TPSA) is 140 Å². The summed E-state index contributed by atoms with van der Waals surface area (Å²) >= 11 is 0. The third-order valence-electron chi connectivity index (χ3n) is 3.26. The SMILES string of the molecule is NC(=O)CCCNC(=O)C1(C(N)=NO)CCOCC1. The molecule has 0 spiro atoms. The summed E-state index contributed by atoms with van der Waals surface area (Å²) in [6.45, 7) is 1.08. The average Bonchev–Trinajstić information content (AvgIpc) is 2.42. The Bertz CT molecular complexity index is 364. The van der Waals surface area contributed by atoms with Gasteiger partial charge in [-0.2, -0.15) is 0 Å². The second kappa shape index (κ2) is 6.93. The van der Waals surface area contributed by atoms with Crippen molar-refractivity contribution < 1.29 is 19.5 Å². The molecule has 1 saturated heterocycles. The summed E-state index contributed by atoms with van der Waals surface area (Å²) < 4.78 is 5.19. The fraction of sp³-hybridized carbons (Fsp3) is 0.727. The van der Waals surface area contributed by atoms with Gasteiger partial charge in [-0.25, -0.2) is 0 Å². The van der Waals surface area contributed by atoms with Crippen LogP contribution in [0.5, 0.6) is 0 Å². The maximum atomic E-state index is 12.2.